The average molecular weight is 851 g/mol. The lowest BCUT2D eigenvalue weighted by Crippen LogP contribution is -2.66. The molecule has 60 heavy (non-hydrogen) atoms. The van der Waals surface area contributed by atoms with Crippen molar-refractivity contribution in [1.82, 2.24) is 4.90 Å². The van der Waals surface area contributed by atoms with E-state index in [9.17, 15) is 29.7 Å². The minimum Gasteiger partial charge on any atom is -0.508 e. The summed E-state index contributed by atoms with van der Waals surface area (Å²) in [5, 5.41) is 44.9. The molecule has 1 aliphatic carbocycles. The minimum atomic E-state index is -3.10. The van der Waals surface area contributed by atoms with Gasteiger partial charge in [0.15, 0.2) is 0 Å². The number of unbranched alkanes of at least 4 members (excludes halogenated alkanes) is 2. The van der Waals surface area contributed by atoms with Crippen LogP contribution in [0.4, 0.5) is 0 Å². The number of carboxylic acid groups (broad SMARTS) is 1. The zero-order valence-electron chi connectivity index (χ0n) is 34.6. The number of hydrogen-bond donors (Lipinski definition) is 4. The zero-order valence-corrected chi connectivity index (χ0v) is 36.4. The first-order valence-electron chi connectivity index (χ1n) is 20.8. The number of hydrogen-bond acceptors (Lipinski definition) is 7. The van der Waals surface area contributed by atoms with E-state index in [2.05, 4.69) is 45.0 Å². The largest absolute Gasteiger partial charge is 0.508 e. The number of nitrogens with zero attached hydrogens (tertiary/aromatic N) is 1. The molecule has 4 N–H and O–H groups in total. The Morgan fingerprint density at radius 3 is 2.07 bits per heavy atom. The van der Waals surface area contributed by atoms with Gasteiger partial charge in [0.1, 0.15) is 5.75 Å². The van der Waals surface area contributed by atoms with E-state index in [1.165, 1.54) is 11.0 Å². The van der Waals surface area contributed by atoms with Gasteiger partial charge < -0.3 is 24.9 Å². The van der Waals surface area contributed by atoms with Crippen molar-refractivity contribution in [2.75, 3.05) is 19.8 Å². The molecule has 1 aliphatic heterocycles. The van der Waals surface area contributed by atoms with Gasteiger partial charge in [0, 0.05) is 18.9 Å². The number of phenolic OH excluding ortho intramolecular Hbond substituents is 1. The molecular formula is C49H56ClNO8Si. The van der Waals surface area contributed by atoms with Crippen LogP contribution in [0.3, 0.4) is 0 Å². The topological polar surface area (TPSA) is 145 Å². The third kappa shape index (κ3) is 9.69. The van der Waals surface area contributed by atoms with E-state index in [4.69, 9.17) is 21.1 Å². The summed E-state index contributed by atoms with van der Waals surface area (Å²) in [6, 6.07) is 35.0. The molecule has 4 atom stereocenters. The SMILES string of the molecule is CC(C)(C)[Si](OCC1=C([C@H](O)CC/C(=C/c2ccc(O)cc2Cl)c2ccccc2)[C@H](CO)[C@@H]2C(=O)N(CCCCCC(=O)O)C(=O)[C@@H]2C1)(c1ccccc1)c1ccccc1. The number of carbonyl (C=O) groups excluding carboxylic acids is 2. The summed E-state index contributed by atoms with van der Waals surface area (Å²) >= 11 is 6.56. The molecule has 0 saturated carbocycles. The number of allylic oxidation sites excluding steroid dienone is 1. The van der Waals surface area contributed by atoms with E-state index in [1.807, 2.05) is 72.8 Å². The fourth-order valence-electron chi connectivity index (χ4n) is 9.28. The van der Waals surface area contributed by atoms with Crippen LogP contribution in [0.5, 0.6) is 5.75 Å². The maximum Gasteiger partial charge on any atom is 0.303 e. The second kappa shape index (κ2) is 19.7. The highest BCUT2D eigenvalue weighted by atomic mass is 35.5. The van der Waals surface area contributed by atoms with E-state index in [0.717, 1.165) is 21.5 Å². The molecule has 1 saturated heterocycles. The smallest absolute Gasteiger partial charge is 0.303 e. The summed E-state index contributed by atoms with van der Waals surface area (Å²) < 4.78 is 7.41. The Morgan fingerprint density at radius 1 is 0.883 bits per heavy atom. The van der Waals surface area contributed by atoms with E-state index in [0.29, 0.717) is 47.4 Å². The summed E-state index contributed by atoms with van der Waals surface area (Å²) in [6.07, 6.45) is 3.15. The van der Waals surface area contributed by atoms with Crippen molar-refractivity contribution in [1.29, 1.82) is 0 Å². The maximum atomic E-state index is 14.2. The monoisotopic (exact) mass is 849 g/mol. The summed E-state index contributed by atoms with van der Waals surface area (Å²) in [4.78, 5) is 40.8. The van der Waals surface area contributed by atoms with Crippen molar-refractivity contribution in [3.63, 3.8) is 0 Å². The van der Waals surface area contributed by atoms with Crippen molar-refractivity contribution in [2.24, 2.45) is 17.8 Å². The normalized spacial score (nSPS) is 19.1. The van der Waals surface area contributed by atoms with Crippen LogP contribution < -0.4 is 10.4 Å². The Balaban J connectivity index is 1.40. The number of fused-ring (bicyclic) bond motifs is 1. The van der Waals surface area contributed by atoms with Crippen molar-refractivity contribution in [3.8, 4) is 5.75 Å². The number of aliphatic hydroxyl groups is 2. The van der Waals surface area contributed by atoms with Gasteiger partial charge in [0.05, 0.1) is 36.2 Å². The van der Waals surface area contributed by atoms with Crippen molar-refractivity contribution in [3.05, 3.63) is 136 Å². The maximum absolute atomic E-state index is 14.2. The lowest BCUT2D eigenvalue weighted by Gasteiger charge is -2.44. The molecule has 0 bridgehead atoms. The van der Waals surface area contributed by atoms with E-state index in [1.54, 1.807) is 12.1 Å². The Hall–Kier alpha value is -4.84. The number of carboxylic acids is 1. The number of aromatic hydroxyl groups is 1. The number of amides is 2. The van der Waals surface area contributed by atoms with Gasteiger partial charge in [-0.2, -0.15) is 0 Å². The molecule has 2 amide bonds. The Labute approximate surface area is 359 Å². The van der Waals surface area contributed by atoms with Gasteiger partial charge in [0.2, 0.25) is 11.8 Å². The van der Waals surface area contributed by atoms with Crippen LogP contribution in [-0.4, -0.2) is 77.3 Å². The number of aliphatic hydroxyl groups excluding tert-OH is 2. The number of rotatable bonds is 18. The molecule has 4 aromatic carbocycles. The van der Waals surface area contributed by atoms with Crippen LogP contribution in [0, 0.1) is 17.8 Å². The Bertz CT molecular complexity index is 2150. The van der Waals surface area contributed by atoms with Gasteiger partial charge in [-0.15, -0.1) is 0 Å². The van der Waals surface area contributed by atoms with Crippen molar-refractivity contribution < 1.29 is 39.2 Å². The Morgan fingerprint density at radius 2 is 1.50 bits per heavy atom. The second-order valence-corrected chi connectivity index (χ2v) is 21.7. The summed E-state index contributed by atoms with van der Waals surface area (Å²) in [7, 11) is -3.10. The molecule has 0 radical (unpaired) electrons. The number of imide groups is 1. The quantitative estimate of drug-likeness (QED) is 0.0261. The van der Waals surface area contributed by atoms with Gasteiger partial charge >= 0.3 is 5.97 Å². The molecule has 11 heteroatoms. The lowest BCUT2D eigenvalue weighted by atomic mass is 9.68. The van der Waals surface area contributed by atoms with Crippen LogP contribution in [0.2, 0.25) is 10.1 Å². The molecule has 0 unspecified atom stereocenters. The molecule has 6 rings (SSSR count). The van der Waals surface area contributed by atoms with Crippen LogP contribution in [-0.2, 0) is 18.8 Å². The average Bonchev–Trinajstić information content (AvgIpc) is 3.47. The number of benzene rings is 4. The molecule has 2 aliphatic rings. The van der Waals surface area contributed by atoms with Gasteiger partial charge in [-0.3, -0.25) is 19.3 Å². The van der Waals surface area contributed by atoms with E-state index < -0.39 is 44.8 Å². The van der Waals surface area contributed by atoms with Crippen LogP contribution in [0.25, 0.3) is 11.6 Å². The van der Waals surface area contributed by atoms with Crippen LogP contribution in [0.1, 0.15) is 76.8 Å². The number of carbonyl (C=O) groups is 3. The highest BCUT2D eigenvalue weighted by Crippen LogP contribution is 2.47. The van der Waals surface area contributed by atoms with Gasteiger partial charge in [-0.25, -0.2) is 0 Å². The first-order valence-corrected chi connectivity index (χ1v) is 23.1. The highest BCUT2D eigenvalue weighted by Gasteiger charge is 2.56. The van der Waals surface area contributed by atoms with Gasteiger partial charge in [0.25, 0.3) is 8.32 Å². The lowest BCUT2D eigenvalue weighted by molar-refractivity contribution is -0.141. The van der Waals surface area contributed by atoms with Crippen molar-refractivity contribution >= 4 is 59.7 Å². The minimum absolute atomic E-state index is 0.0166. The fourth-order valence-corrected chi connectivity index (χ4v) is 14.1. The Kier molecular flexibility index (Phi) is 14.7. The molecule has 9 nitrogen and oxygen atoms in total. The second-order valence-electron chi connectivity index (χ2n) is 17.0. The number of likely N-dealkylation sites (tertiary alicyclic amines) is 1. The summed E-state index contributed by atoms with van der Waals surface area (Å²) in [5.74, 6) is -3.94. The first kappa shape index (κ1) is 44.7. The molecule has 1 fully saturated rings. The van der Waals surface area contributed by atoms with Crippen LogP contribution in [0.15, 0.2) is 120 Å². The summed E-state index contributed by atoms with van der Waals surface area (Å²) in [6.45, 7) is 6.35. The predicted octanol–water partition coefficient (Wildman–Crippen LogP) is 7.86. The predicted molar refractivity (Wildman–Crippen MR) is 238 cm³/mol. The third-order valence-corrected chi connectivity index (χ3v) is 17.4. The molecule has 0 spiro atoms. The number of halogens is 1. The highest BCUT2D eigenvalue weighted by molar-refractivity contribution is 6.99. The summed E-state index contributed by atoms with van der Waals surface area (Å²) in [5.41, 5.74) is 3.77. The molecule has 0 aromatic heterocycles. The van der Waals surface area contributed by atoms with E-state index >= 15 is 0 Å². The molecule has 1 heterocycles. The van der Waals surface area contributed by atoms with Gasteiger partial charge in [-0.1, -0.05) is 130 Å². The third-order valence-electron chi connectivity index (χ3n) is 12.1. The first-order chi connectivity index (χ1) is 28.8. The fraction of sp³-hybridized carbons (Fsp3) is 0.367. The number of aliphatic carboxylic acids is 1. The van der Waals surface area contributed by atoms with Gasteiger partial charge in [-0.05, 0) is 99.6 Å². The van der Waals surface area contributed by atoms with Crippen LogP contribution >= 0.6 is 11.6 Å². The molecule has 316 valence electrons. The molecular weight excluding hydrogens is 794 g/mol. The van der Waals surface area contributed by atoms with Crippen molar-refractivity contribution in [2.45, 2.75) is 76.9 Å². The standard InChI is InChI=1S/C49H56ClNO8Si/c1-49(2,3)60(38-18-10-5-11-19-38,39-20-12-6-13-21-39)59-32-36-29-40-46(48(58)51(47(40)57)27-15-7-14-22-44(55)56)41(31-52)45(36)43(54)26-24-34(33-16-8-4-9-17-33)28-35-23-25-37(53)30-42(35)50/h4-6,8-13,16-21,23,25,28,30,40-41,43,46,52-54H,7,14-15,22,24,26-27,29,31-32H2,1-3H3,(H,55,56)/b34-28-/t40-,41+,43-,46-/m1/s1. The number of phenols is 1. The molecule has 4 aromatic rings. The van der Waals surface area contributed by atoms with E-state index in [-0.39, 0.29) is 55.0 Å². The zero-order chi connectivity index (χ0) is 43.0.